The van der Waals surface area contributed by atoms with Gasteiger partial charge in [-0.3, -0.25) is 9.59 Å². The van der Waals surface area contributed by atoms with E-state index in [2.05, 4.69) is 6.92 Å². The van der Waals surface area contributed by atoms with E-state index in [-0.39, 0.29) is 17.9 Å². The van der Waals surface area contributed by atoms with Crippen molar-refractivity contribution in [2.45, 2.75) is 25.9 Å². The molecule has 1 saturated heterocycles. The Balaban J connectivity index is 1.60. The van der Waals surface area contributed by atoms with Crippen molar-refractivity contribution in [3.05, 3.63) is 124 Å². The van der Waals surface area contributed by atoms with Crippen LogP contribution in [0.25, 0.3) is 5.76 Å². The maximum Gasteiger partial charge on any atom is 0.295 e. The highest BCUT2D eigenvalue weighted by Crippen LogP contribution is 2.41. The first kappa shape index (κ1) is 23.6. The highest BCUT2D eigenvalue weighted by atomic mass is 32.1. The van der Waals surface area contributed by atoms with Crippen LogP contribution in [0.4, 0.5) is 0 Å². The standard InChI is InChI=1S/C30H25NO4S/c1-2-20-13-15-21(16-14-20)28(32)26-27(31(30(34)29(26)33)19-25-12-7-17-36-25)22-8-6-11-24(18-22)35-23-9-4-3-5-10-23/h3-18,27,32H,2,19H2,1H3/b28-26-. The van der Waals surface area contributed by atoms with Gasteiger partial charge >= 0.3 is 0 Å². The van der Waals surface area contributed by atoms with E-state index >= 15 is 0 Å². The van der Waals surface area contributed by atoms with Crippen LogP contribution in [0.1, 0.15) is 34.5 Å². The van der Waals surface area contributed by atoms with Gasteiger partial charge in [0.05, 0.1) is 18.2 Å². The van der Waals surface area contributed by atoms with Crippen LogP contribution < -0.4 is 4.74 Å². The molecule has 5 nitrogen and oxygen atoms in total. The highest BCUT2D eigenvalue weighted by Gasteiger charge is 2.46. The van der Waals surface area contributed by atoms with E-state index in [9.17, 15) is 14.7 Å². The van der Waals surface area contributed by atoms with Gasteiger partial charge in [0.15, 0.2) is 0 Å². The van der Waals surface area contributed by atoms with E-state index in [1.54, 1.807) is 12.1 Å². The van der Waals surface area contributed by atoms with Crippen molar-refractivity contribution in [1.29, 1.82) is 0 Å². The summed E-state index contributed by atoms with van der Waals surface area (Å²) in [6, 6.07) is 27.2. The van der Waals surface area contributed by atoms with Crippen LogP contribution in [0.2, 0.25) is 0 Å². The number of amides is 1. The van der Waals surface area contributed by atoms with Gasteiger partial charge in [-0.2, -0.15) is 0 Å². The SMILES string of the molecule is CCc1ccc(/C(O)=C2/C(=O)C(=O)N(Cc3cccs3)C2c2cccc(Oc3ccccc3)c2)cc1. The van der Waals surface area contributed by atoms with Crippen LogP contribution in [0, 0.1) is 0 Å². The molecule has 1 aliphatic rings. The summed E-state index contributed by atoms with van der Waals surface area (Å²) in [5, 5.41) is 13.2. The third kappa shape index (κ3) is 4.68. The number of carbonyl (C=O) groups excluding carboxylic acids is 2. The highest BCUT2D eigenvalue weighted by molar-refractivity contribution is 7.09. The Labute approximate surface area is 213 Å². The molecule has 0 aliphatic carbocycles. The number of hydrogen-bond donors (Lipinski definition) is 1. The lowest BCUT2D eigenvalue weighted by Crippen LogP contribution is -2.28. The number of rotatable bonds is 7. The summed E-state index contributed by atoms with van der Waals surface area (Å²) in [5.41, 5.74) is 2.39. The quantitative estimate of drug-likeness (QED) is 0.175. The van der Waals surface area contributed by atoms with Crippen LogP contribution in [0.15, 0.2) is 102 Å². The molecule has 5 rings (SSSR count). The van der Waals surface area contributed by atoms with Crippen molar-refractivity contribution < 1.29 is 19.4 Å². The largest absolute Gasteiger partial charge is 0.507 e. The fourth-order valence-electron chi connectivity index (χ4n) is 4.39. The molecule has 1 unspecified atom stereocenters. The van der Waals surface area contributed by atoms with Gasteiger partial charge in [0.25, 0.3) is 11.7 Å². The number of para-hydroxylation sites is 1. The average Bonchev–Trinajstić information content (AvgIpc) is 3.51. The lowest BCUT2D eigenvalue weighted by molar-refractivity contribution is -0.140. The fraction of sp³-hybridized carbons (Fsp3) is 0.133. The Bertz CT molecular complexity index is 1410. The van der Waals surface area contributed by atoms with Gasteiger partial charge in [0, 0.05) is 10.4 Å². The minimum Gasteiger partial charge on any atom is -0.507 e. The molecule has 36 heavy (non-hydrogen) atoms. The molecule has 1 aliphatic heterocycles. The molecule has 1 N–H and O–H groups in total. The molecule has 2 heterocycles. The van der Waals surface area contributed by atoms with Crippen LogP contribution in [0.3, 0.4) is 0 Å². The summed E-state index contributed by atoms with van der Waals surface area (Å²) >= 11 is 1.52. The fourth-order valence-corrected chi connectivity index (χ4v) is 5.09. The van der Waals surface area contributed by atoms with Gasteiger partial charge in [-0.05, 0) is 53.3 Å². The number of thiophene rings is 1. The monoisotopic (exact) mass is 495 g/mol. The maximum atomic E-state index is 13.3. The maximum absolute atomic E-state index is 13.3. The topological polar surface area (TPSA) is 66.8 Å². The van der Waals surface area contributed by atoms with E-state index in [0.717, 1.165) is 16.9 Å². The van der Waals surface area contributed by atoms with Crippen LogP contribution in [-0.2, 0) is 22.6 Å². The first-order valence-corrected chi connectivity index (χ1v) is 12.7. The van der Waals surface area contributed by atoms with Crippen molar-refractivity contribution in [2.75, 3.05) is 0 Å². The van der Waals surface area contributed by atoms with E-state index in [4.69, 9.17) is 4.74 Å². The third-order valence-corrected chi connectivity index (χ3v) is 7.10. The molecule has 180 valence electrons. The number of ether oxygens (including phenoxy) is 1. The minimum absolute atomic E-state index is 0.0812. The van der Waals surface area contributed by atoms with Crippen LogP contribution in [-0.4, -0.2) is 21.7 Å². The van der Waals surface area contributed by atoms with Crippen molar-refractivity contribution in [3.8, 4) is 11.5 Å². The van der Waals surface area contributed by atoms with E-state index in [1.165, 1.54) is 16.2 Å². The number of aliphatic hydroxyl groups is 1. The molecular weight excluding hydrogens is 470 g/mol. The molecule has 4 aromatic rings. The van der Waals surface area contributed by atoms with E-state index < -0.39 is 17.7 Å². The summed E-state index contributed by atoms with van der Waals surface area (Å²) in [6.07, 6.45) is 0.862. The van der Waals surface area contributed by atoms with Crippen molar-refractivity contribution in [2.24, 2.45) is 0 Å². The number of nitrogens with zero attached hydrogens (tertiary/aromatic N) is 1. The molecule has 1 fully saturated rings. The Morgan fingerprint density at radius 1 is 0.917 bits per heavy atom. The van der Waals surface area contributed by atoms with E-state index in [0.29, 0.717) is 22.6 Å². The van der Waals surface area contributed by atoms with Crippen molar-refractivity contribution >= 4 is 28.8 Å². The second-order valence-corrected chi connectivity index (χ2v) is 9.58. The lowest BCUT2D eigenvalue weighted by atomic mass is 9.94. The van der Waals surface area contributed by atoms with Crippen molar-refractivity contribution in [3.63, 3.8) is 0 Å². The Hall–Kier alpha value is -4.16. The second kappa shape index (κ2) is 10.2. The zero-order valence-electron chi connectivity index (χ0n) is 19.8. The van der Waals surface area contributed by atoms with Crippen LogP contribution >= 0.6 is 11.3 Å². The molecule has 0 bridgehead atoms. The van der Waals surface area contributed by atoms with Gasteiger partial charge < -0.3 is 14.7 Å². The summed E-state index contributed by atoms with van der Waals surface area (Å²) in [7, 11) is 0. The summed E-state index contributed by atoms with van der Waals surface area (Å²) in [5.74, 6) is -0.243. The molecule has 0 spiro atoms. The predicted octanol–water partition coefficient (Wildman–Crippen LogP) is 6.72. The Morgan fingerprint density at radius 3 is 2.36 bits per heavy atom. The first-order valence-electron chi connectivity index (χ1n) is 11.8. The first-order chi connectivity index (χ1) is 17.5. The molecule has 1 amide bonds. The molecule has 1 aromatic heterocycles. The number of ketones is 1. The third-order valence-electron chi connectivity index (χ3n) is 6.23. The number of carbonyl (C=O) groups is 2. The number of hydrogen-bond acceptors (Lipinski definition) is 5. The molecule has 0 radical (unpaired) electrons. The van der Waals surface area contributed by atoms with Gasteiger partial charge in [-0.1, -0.05) is 67.6 Å². The Kier molecular flexibility index (Phi) is 6.69. The second-order valence-electron chi connectivity index (χ2n) is 8.54. The molecular formula is C30H25NO4S. The summed E-state index contributed by atoms with van der Waals surface area (Å²) in [4.78, 5) is 29.0. The summed E-state index contributed by atoms with van der Waals surface area (Å²) < 4.78 is 6.01. The molecule has 6 heteroatoms. The smallest absolute Gasteiger partial charge is 0.295 e. The van der Waals surface area contributed by atoms with Gasteiger partial charge in [-0.15, -0.1) is 11.3 Å². The normalized spacial score (nSPS) is 16.9. The molecule has 0 saturated carbocycles. The minimum atomic E-state index is -0.753. The lowest BCUT2D eigenvalue weighted by Gasteiger charge is -2.25. The molecule has 3 aromatic carbocycles. The summed E-state index contributed by atoms with van der Waals surface area (Å²) in [6.45, 7) is 2.32. The zero-order chi connectivity index (χ0) is 25.1. The van der Waals surface area contributed by atoms with E-state index in [1.807, 2.05) is 84.2 Å². The van der Waals surface area contributed by atoms with Gasteiger partial charge in [0.2, 0.25) is 0 Å². The van der Waals surface area contributed by atoms with Crippen LogP contribution in [0.5, 0.6) is 11.5 Å². The number of benzene rings is 3. The zero-order valence-corrected chi connectivity index (χ0v) is 20.6. The number of Topliss-reactive ketones (excluding diaryl/α,β-unsaturated/α-hetero) is 1. The number of aryl methyl sites for hydroxylation is 1. The van der Waals surface area contributed by atoms with Gasteiger partial charge in [-0.25, -0.2) is 0 Å². The Morgan fingerprint density at radius 2 is 1.67 bits per heavy atom. The molecule has 1 atom stereocenters. The average molecular weight is 496 g/mol. The van der Waals surface area contributed by atoms with Gasteiger partial charge in [0.1, 0.15) is 17.3 Å². The number of aliphatic hydroxyl groups excluding tert-OH is 1. The predicted molar refractivity (Wildman–Crippen MR) is 141 cm³/mol. The van der Waals surface area contributed by atoms with Crippen molar-refractivity contribution in [1.82, 2.24) is 4.90 Å². The number of likely N-dealkylation sites (tertiary alicyclic amines) is 1.